The fourth-order valence-corrected chi connectivity index (χ4v) is 4.52. The largest absolute Gasteiger partial charge is 0.497 e. The quantitative estimate of drug-likeness (QED) is 0.457. The van der Waals surface area contributed by atoms with Gasteiger partial charge in [-0.05, 0) is 42.0 Å². The normalized spacial score (nSPS) is 14.1. The maximum absolute atomic E-state index is 12.0. The zero-order valence-corrected chi connectivity index (χ0v) is 20.6. The van der Waals surface area contributed by atoms with E-state index in [1.807, 2.05) is 18.2 Å². The van der Waals surface area contributed by atoms with Crippen LogP contribution < -0.4 is 19.7 Å². The Hall–Kier alpha value is -2.88. The van der Waals surface area contributed by atoms with Crippen molar-refractivity contribution in [2.75, 3.05) is 57.9 Å². The predicted octanol–water partition coefficient (Wildman–Crippen LogP) is 3.11. The highest BCUT2D eigenvalue weighted by atomic mass is 35.5. The first-order valence-electron chi connectivity index (χ1n) is 11.2. The Balaban J connectivity index is 1.14. The van der Waals surface area contributed by atoms with Gasteiger partial charge in [0.25, 0.3) is 5.91 Å². The Bertz CT molecular complexity index is 1070. The average molecular weight is 502 g/mol. The number of methoxy groups -OCH3 is 1. The molecule has 0 bridgehead atoms. The average Bonchev–Trinajstić information content (AvgIpc) is 3.32. The number of hydrogen-bond acceptors (Lipinski definition) is 8. The van der Waals surface area contributed by atoms with Crippen molar-refractivity contribution >= 4 is 34.2 Å². The molecule has 0 saturated carbocycles. The zero-order valence-electron chi connectivity index (χ0n) is 19.1. The summed E-state index contributed by atoms with van der Waals surface area (Å²) >= 11 is 7.30. The van der Waals surface area contributed by atoms with Gasteiger partial charge in [0.15, 0.2) is 6.61 Å². The first kappa shape index (κ1) is 24.3. The van der Waals surface area contributed by atoms with Gasteiger partial charge >= 0.3 is 0 Å². The first-order chi connectivity index (χ1) is 16.6. The molecular weight excluding hydrogens is 474 g/mol. The summed E-state index contributed by atoms with van der Waals surface area (Å²) in [6, 6.07) is 14.9. The third-order valence-electron chi connectivity index (χ3n) is 5.53. The predicted molar refractivity (Wildman–Crippen MR) is 134 cm³/mol. The lowest BCUT2D eigenvalue weighted by Gasteiger charge is -2.34. The lowest BCUT2D eigenvalue weighted by atomic mass is 10.1. The molecular formula is C24H28ClN5O3S. The van der Waals surface area contributed by atoms with E-state index >= 15 is 0 Å². The van der Waals surface area contributed by atoms with Gasteiger partial charge in [0, 0.05) is 62.2 Å². The molecule has 1 amide bonds. The van der Waals surface area contributed by atoms with Gasteiger partial charge in [0.1, 0.15) is 17.3 Å². The van der Waals surface area contributed by atoms with Gasteiger partial charge in [-0.2, -0.15) is 4.37 Å². The molecule has 1 aromatic heterocycles. The SMILES string of the molecule is COc1cccc(Cc2nsc(N3CCN(CCNC(=O)COc4ccc(Cl)cc4)CC3)n2)c1. The van der Waals surface area contributed by atoms with E-state index in [9.17, 15) is 4.79 Å². The summed E-state index contributed by atoms with van der Waals surface area (Å²) in [5, 5.41) is 4.51. The molecule has 34 heavy (non-hydrogen) atoms. The molecule has 0 unspecified atom stereocenters. The van der Waals surface area contributed by atoms with Crippen LogP contribution in [0.2, 0.25) is 5.02 Å². The lowest BCUT2D eigenvalue weighted by Crippen LogP contribution is -2.48. The van der Waals surface area contributed by atoms with Crippen molar-refractivity contribution in [3.8, 4) is 11.5 Å². The molecule has 3 aromatic rings. The van der Waals surface area contributed by atoms with Crippen LogP contribution >= 0.6 is 23.1 Å². The first-order valence-corrected chi connectivity index (χ1v) is 12.3. The lowest BCUT2D eigenvalue weighted by molar-refractivity contribution is -0.123. The van der Waals surface area contributed by atoms with Gasteiger partial charge in [-0.1, -0.05) is 23.7 Å². The third-order valence-corrected chi connectivity index (χ3v) is 6.60. The minimum atomic E-state index is -0.133. The Morgan fingerprint density at radius 2 is 1.91 bits per heavy atom. The number of piperazine rings is 1. The topological polar surface area (TPSA) is 79.8 Å². The van der Waals surface area contributed by atoms with Crippen LogP contribution in [0.5, 0.6) is 11.5 Å². The van der Waals surface area contributed by atoms with E-state index in [4.69, 9.17) is 26.1 Å². The smallest absolute Gasteiger partial charge is 0.257 e. The summed E-state index contributed by atoms with van der Waals surface area (Å²) in [6.45, 7) is 5.00. The minimum absolute atomic E-state index is 0.00937. The minimum Gasteiger partial charge on any atom is -0.497 e. The van der Waals surface area contributed by atoms with Crippen molar-refractivity contribution in [1.82, 2.24) is 19.6 Å². The molecule has 1 saturated heterocycles. The van der Waals surface area contributed by atoms with Crippen molar-refractivity contribution in [1.29, 1.82) is 0 Å². The molecule has 0 atom stereocenters. The number of ether oxygens (including phenoxy) is 2. The fraction of sp³-hybridized carbons (Fsp3) is 0.375. The second kappa shape index (κ2) is 12.0. The van der Waals surface area contributed by atoms with Crippen LogP contribution in [-0.2, 0) is 11.2 Å². The van der Waals surface area contributed by atoms with Crippen LogP contribution in [0.3, 0.4) is 0 Å². The molecule has 1 aliphatic heterocycles. The van der Waals surface area contributed by atoms with E-state index in [2.05, 4.69) is 25.6 Å². The van der Waals surface area contributed by atoms with E-state index in [1.165, 1.54) is 11.5 Å². The van der Waals surface area contributed by atoms with E-state index in [0.29, 0.717) is 23.7 Å². The second-order valence-corrected chi connectivity index (χ2v) is 9.11. The van der Waals surface area contributed by atoms with Crippen LogP contribution in [-0.4, -0.2) is 73.1 Å². The highest BCUT2D eigenvalue weighted by Gasteiger charge is 2.20. The highest BCUT2D eigenvalue weighted by Crippen LogP contribution is 2.21. The number of nitrogens with one attached hydrogen (secondary N) is 1. The van der Waals surface area contributed by atoms with E-state index in [-0.39, 0.29) is 12.5 Å². The summed E-state index contributed by atoms with van der Waals surface area (Å²) in [4.78, 5) is 21.4. The van der Waals surface area contributed by atoms with Gasteiger partial charge in [-0.25, -0.2) is 4.98 Å². The van der Waals surface area contributed by atoms with E-state index < -0.39 is 0 Å². The molecule has 0 aliphatic carbocycles. The maximum Gasteiger partial charge on any atom is 0.257 e. The molecule has 1 aliphatic rings. The van der Waals surface area contributed by atoms with Gasteiger partial charge in [-0.15, -0.1) is 0 Å². The van der Waals surface area contributed by atoms with Crippen LogP contribution in [0.1, 0.15) is 11.4 Å². The monoisotopic (exact) mass is 501 g/mol. The molecule has 0 spiro atoms. The number of halogens is 1. The molecule has 8 nitrogen and oxygen atoms in total. The van der Waals surface area contributed by atoms with Gasteiger partial charge in [-0.3, -0.25) is 9.69 Å². The second-order valence-electron chi connectivity index (χ2n) is 7.94. The summed E-state index contributed by atoms with van der Waals surface area (Å²) in [7, 11) is 1.67. The summed E-state index contributed by atoms with van der Waals surface area (Å²) in [5.41, 5.74) is 1.13. The summed E-state index contributed by atoms with van der Waals surface area (Å²) in [5.74, 6) is 2.17. The fourth-order valence-electron chi connectivity index (χ4n) is 3.66. The Labute approximate surface area is 208 Å². The van der Waals surface area contributed by atoms with Gasteiger partial charge in [0.05, 0.1) is 7.11 Å². The number of benzene rings is 2. The number of carbonyl (C=O) groups excluding carboxylic acids is 1. The number of nitrogens with zero attached hydrogens (tertiary/aromatic N) is 4. The van der Waals surface area contributed by atoms with Crippen molar-refractivity contribution < 1.29 is 14.3 Å². The molecule has 2 heterocycles. The third kappa shape index (κ3) is 7.06. The van der Waals surface area contributed by atoms with Crippen molar-refractivity contribution in [3.63, 3.8) is 0 Å². The maximum atomic E-state index is 12.0. The summed E-state index contributed by atoms with van der Waals surface area (Å²) < 4.78 is 15.3. The molecule has 1 fully saturated rings. The molecule has 2 aromatic carbocycles. The molecule has 10 heteroatoms. The zero-order chi connectivity index (χ0) is 23.8. The van der Waals surface area contributed by atoms with Crippen molar-refractivity contribution in [3.05, 3.63) is 64.9 Å². The number of rotatable bonds is 10. The number of anilines is 1. The Kier molecular flexibility index (Phi) is 8.56. The Morgan fingerprint density at radius 3 is 2.68 bits per heavy atom. The Morgan fingerprint density at radius 1 is 1.12 bits per heavy atom. The molecule has 1 N–H and O–H groups in total. The van der Waals surface area contributed by atoms with Crippen LogP contribution in [0.15, 0.2) is 48.5 Å². The number of carbonyl (C=O) groups is 1. The van der Waals surface area contributed by atoms with Crippen molar-refractivity contribution in [2.45, 2.75) is 6.42 Å². The van der Waals surface area contributed by atoms with Crippen LogP contribution in [0, 0.1) is 0 Å². The number of aromatic nitrogens is 2. The standard InChI is InChI=1S/C24H28ClN5O3S/c1-32-21-4-2-3-18(15-21)16-22-27-24(34-28-22)30-13-11-29(12-14-30)10-9-26-23(31)17-33-20-7-5-19(25)6-8-20/h2-8,15H,9-14,16-17H2,1H3,(H,26,31). The number of amides is 1. The number of hydrogen-bond donors (Lipinski definition) is 1. The summed E-state index contributed by atoms with van der Waals surface area (Å²) in [6.07, 6.45) is 0.690. The highest BCUT2D eigenvalue weighted by molar-refractivity contribution is 7.09. The van der Waals surface area contributed by atoms with E-state index in [0.717, 1.165) is 55.0 Å². The van der Waals surface area contributed by atoms with E-state index in [1.54, 1.807) is 31.4 Å². The molecule has 4 rings (SSSR count). The van der Waals surface area contributed by atoms with Gasteiger partial charge < -0.3 is 19.7 Å². The van der Waals surface area contributed by atoms with Crippen LogP contribution in [0.4, 0.5) is 5.13 Å². The molecule has 180 valence electrons. The van der Waals surface area contributed by atoms with Gasteiger partial charge in [0.2, 0.25) is 5.13 Å². The van der Waals surface area contributed by atoms with Crippen molar-refractivity contribution in [2.24, 2.45) is 0 Å². The molecule has 0 radical (unpaired) electrons. The van der Waals surface area contributed by atoms with Crippen LogP contribution in [0.25, 0.3) is 0 Å².